The molecule has 1 amide bonds. The van der Waals surface area contributed by atoms with Crippen LogP contribution in [0.4, 0.5) is 4.79 Å². The third kappa shape index (κ3) is 3.76. The first-order valence-electron chi connectivity index (χ1n) is 5.90. The van der Waals surface area contributed by atoms with Crippen molar-refractivity contribution in [1.82, 2.24) is 5.32 Å². The number of carbonyl (C=O) groups excluding carboxylic acids is 1. The molecule has 104 valence electrons. The Hall–Kier alpha value is -1.43. The molecule has 1 aromatic rings. The summed E-state index contributed by atoms with van der Waals surface area (Å²) in [6.45, 7) is 6.05. The Kier molecular flexibility index (Phi) is 3.89. The predicted molar refractivity (Wildman–Crippen MR) is 73.3 cm³/mol. The average molecular weight is 330 g/mol. The van der Waals surface area contributed by atoms with E-state index < -0.39 is 11.7 Å². The van der Waals surface area contributed by atoms with E-state index in [4.69, 9.17) is 14.2 Å². The van der Waals surface area contributed by atoms with E-state index in [1.807, 2.05) is 32.9 Å². The first-order valence-corrected chi connectivity index (χ1v) is 6.69. The Morgan fingerprint density at radius 3 is 2.84 bits per heavy atom. The molecule has 2 rings (SSSR count). The van der Waals surface area contributed by atoms with Gasteiger partial charge in [-0.2, -0.15) is 0 Å². The fraction of sp³-hybridized carbons (Fsp3) is 0.462. The quantitative estimate of drug-likeness (QED) is 0.905. The number of carbonyl (C=O) groups is 1. The normalized spacial score (nSPS) is 13.3. The molecule has 0 saturated carbocycles. The highest BCUT2D eigenvalue weighted by Crippen LogP contribution is 2.39. The molecule has 6 heteroatoms. The number of rotatable bonds is 2. The van der Waals surface area contributed by atoms with E-state index in [1.165, 1.54) is 0 Å². The number of hydrogen-bond acceptors (Lipinski definition) is 4. The molecule has 1 aromatic carbocycles. The summed E-state index contributed by atoms with van der Waals surface area (Å²) in [6.07, 6.45) is -0.443. The fourth-order valence-corrected chi connectivity index (χ4v) is 2.22. The average Bonchev–Trinajstić information content (AvgIpc) is 2.72. The van der Waals surface area contributed by atoms with Crippen molar-refractivity contribution in [3.8, 4) is 11.5 Å². The van der Waals surface area contributed by atoms with Crippen molar-refractivity contribution in [3.63, 3.8) is 0 Å². The second kappa shape index (κ2) is 5.28. The first-order chi connectivity index (χ1) is 8.85. The Balaban J connectivity index is 1.97. The molecule has 19 heavy (non-hydrogen) atoms. The van der Waals surface area contributed by atoms with Crippen LogP contribution in [0.25, 0.3) is 0 Å². The molecule has 0 fully saturated rings. The maximum Gasteiger partial charge on any atom is 0.407 e. The minimum atomic E-state index is -0.500. The van der Waals surface area contributed by atoms with Gasteiger partial charge in [0.15, 0.2) is 11.5 Å². The predicted octanol–water partition coefficient (Wildman–Crippen LogP) is 3.20. The van der Waals surface area contributed by atoms with E-state index in [-0.39, 0.29) is 6.79 Å². The van der Waals surface area contributed by atoms with Crippen molar-refractivity contribution in [2.24, 2.45) is 0 Å². The van der Waals surface area contributed by atoms with Crippen molar-refractivity contribution >= 4 is 22.0 Å². The van der Waals surface area contributed by atoms with Crippen molar-refractivity contribution in [2.75, 3.05) is 6.79 Å². The lowest BCUT2D eigenvalue weighted by atomic mass is 10.2. The molecule has 0 radical (unpaired) electrons. The Labute approximate surface area is 120 Å². The van der Waals surface area contributed by atoms with Crippen LogP contribution in [0.3, 0.4) is 0 Å². The van der Waals surface area contributed by atoms with Gasteiger partial charge in [-0.15, -0.1) is 0 Å². The van der Waals surface area contributed by atoms with Crippen LogP contribution in [0, 0.1) is 0 Å². The fourth-order valence-electron chi connectivity index (χ4n) is 1.61. The van der Waals surface area contributed by atoms with E-state index in [0.29, 0.717) is 18.0 Å². The summed E-state index contributed by atoms with van der Waals surface area (Å²) in [5.74, 6) is 1.37. The summed E-state index contributed by atoms with van der Waals surface area (Å²) in [5.41, 5.74) is 0.404. The smallest absolute Gasteiger partial charge is 0.407 e. The summed E-state index contributed by atoms with van der Waals surface area (Å²) in [7, 11) is 0. The summed E-state index contributed by atoms with van der Waals surface area (Å²) in [6, 6.07) is 3.72. The molecule has 0 atom stereocenters. The SMILES string of the molecule is CC(C)(C)OC(=O)NCc1cc(Br)c2c(c1)OCO2. The lowest BCUT2D eigenvalue weighted by Gasteiger charge is -2.19. The monoisotopic (exact) mass is 329 g/mol. The maximum absolute atomic E-state index is 11.5. The Morgan fingerprint density at radius 2 is 2.16 bits per heavy atom. The number of benzene rings is 1. The molecular weight excluding hydrogens is 314 g/mol. The highest BCUT2D eigenvalue weighted by Gasteiger charge is 2.19. The number of hydrogen-bond donors (Lipinski definition) is 1. The zero-order valence-corrected chi connectivity index (χ0v) is 12.7. The van der Waals surface area contributed by atoms with Gasteiger partial charge in [0.2, 0.25) is 6.79 Å². The van der Waals surface area contributed by atoms with Gasteiger partial charge in [-0.25, -0.2) is 4.79 Å². The lowest BCUT2D eigenvalue weighted by Crippen LogP contribution is -2.32. The first kappa shape index (κ1) is 14.0. The van der Waals surface area contributed by atoms with E-state index in [0.717, 1.165) is 10.0 Å². The molecule has 1 N–H and O–H groups in total. The van der Waals surface area contributed by atoms with E-state index >= 15 is 0 Å². The number of nitrogens with one attached hydrogen (secondary N) is 1. The van der Waals surface area contributed by atoms with Gasteiger partial charge in [0.1, 0.15) is 5.60 Å². The van der Waals surface area contributed by atoms with Crippen LogP contribution in [0.1, 0.15) is 26.3 Å². The van der Waals surface area contributed by atoms with Gasteiger partial charge in [-0.05, 0) is 54.4 Å². The van der Waals surface area contributed by atoms with Crippen molar-refractivity contribution in [1.29, 1.82) is 0 Å². The van der Waals surface area contributed by atoms with Crippen LogP contribution in [-0.4, -0.2) is 18.5 Å². The summed E-state index contributed by atoms with van der Waals surface area (Å²) in [5, 5.41) is 2.70. The maximum atomic E-state index is 11.5. The molecule has 0 saturated heterocycles. The molecule has 0 bridgehead atoms. The van der Waals surface area contributed by atoms with Crippen LogP contribution in [-0.2, 0) is 11.3 Å². The summed E-state index contributed by atoms with van der Waals surface area (Å²) < 4.78 is 16.6. The highest BCUT2D eigenvalue weighted by atomic mass is 79.9. The van der Waals surface area contributed by atoms with Crippen LogP contribution in [0.5, 0.6) is 11.5 Å². The molecule has 1 heterocycles. The zero-order valence-electron chi connectivity index (χ0n) is 11.1. The second-order valence-corrected chi connectivity index (χ2v) is 6.02. The number of ether oxygens (including phenoxy) is 3. The molecule has 1 aliphatic heterocycles. The summed E-state index contributed by atoms with van der Waals surface area (Å²) >= 11 is 3.41. The second-order valence-electron chi connectivity index (χ2n) is 5.17. The number of amides is 1. The molecule has 5 nitrogen and oxygen atoms in total. The van der Waals surface area contributed by atoms with Gasteiger partial charge in [0, 0.05) is 6.54 Å². The molecule has 1 aliphatic rings. The van der Waals surface area contributed by atoms with Gasteiger partial charge in [0.05, 0.1) is 4.47 Å². The zero-order chi connectivity index (χ0) is 14.0. The van der Waals surface area contributed by atoms with E-state index in [2.05, 4.69) is 21.2 Å². The highest BCUT2D eigenvalue weighted by molar-refractivity contribution is 9.10. The van der Waals surface area contributed by atoms with Gasteiger partial charge < -0.3 is 19.5 Å². The van der Waals surface area contributed by atoms with Gasteiger partial charge >= 0.3 is 6.09 Å². The molecule has 0 unspecified atom stereocenters. The number of fused-ring (bicyclic) bond motifs is 1. The minimum Gasteiger partial charge on any atom is -0.454 e. The largest absolute Gasteiger partial charge is 0.454 e. The topological polar surface area (TPSA) is 56.8 Å². The van der Waals surface area contributed by atoms with Crippen molar-refractivity contribution in [2.45, 2.75) is 32.9 Å². The number of halogens is 1. The van der Waals surface area contributed by atoms with E-state index in [9.17, 15) is 4.79 Å². The minimum absolute atomic E-state index is 0.219. The molecule has 0 aromatic heterocycles. The summed E-state index contributed by atoms with van der Waals surface area (Å²) in [4.78, 5) is 11.5. The standard InChI is InChI=1S/C13H16BrNO4/c1-13(2,3)19-12(16)15-6-8-4-9(14)11-10(5-8)17-7-18-11/h4-5H,6-7H2,1-3H3,(H,15,16). The van der Waals surface area contributed by atoms with Crippen LogP contribution >= 0.6 is 15.9 Å². The lowest BCUT2D eigenvalue weighted by molar-refractivity contribution is 0.0523. The van der Waals surface area contributed by atoms with E-state index in [1.54, 1.807) is 0 Å². The van der Waals surface area contributed by atoms with Crippen LogP contribution in [0.2, 0.25) is 0 Å². The number of alkyl carbamates (subject to hydrolysis) is 1. The van der Waals surface area contributed by atoms with Gasteiger partial charge in [-0.3, -0.25) is 0 Å². The third-order valence-corrected chi connectivity index (χ3v) is 2.91. The van der Waals surface area contributed by atoms with Crippen LogP contribution < -0.4 is 14.8 Å². The molecule has 0 spiro atoms. The van der Waals surface area contributed by atoms with Crippen molar-refractivity contribution < 1.29 is 19.0 Å². The van der Waals surface area contributed by atoms with Gasteiger partial charge in [-0.1, -0.05) is 0 Å². The molecular formula is C13H16BrNO4. The van der Waals surface area contributed by atoms with Crippen LogP contribution in [0.15, 0.2) is 16.6 Å². The Bertz CT molecular complexity index is 496. The third-order valence-electron chi connectivity index (χ3n) is 2.32. The van der Waals surface area contributed by atoms with Crippen molar-refractivity contribution in [3.05, 3.63) is 22.2 Å². The molecule has 0 aliphatic carbocycles. The Morgan fingerprint density at radius 1 is 1.42 bits per heavy atom. The van der Waals surface area contributed by atoms with Gasteiger partial charge in [0.25, 0.3) is 0 Å².